The van der Waals surface area contributed by atoms with E-state index >= 15 is 0 Å². The first-order valence-electron chi connectivity index (χ1n) is 8.70. The lowest BCUT2D eigenvalue weighted by Gasteiger charge is -2.36. The van der Waals surface area contributed by atoms with E-state index in [0.717, 1.165) is 18.1 Å². The molecule has 25 heavy (non-hydrogen) atoms. The van der Waals surface area contributed by atoms with E-state index in [9.17, 15) is 0 Å². The molecule has 1 atom stereocenters. The molecule has 130 valence electrons. The van der Waals surface area contributed by atoms with Crippen LogP contribution in [0.5, 0.6) is 0 Å². The van der Waals surface area contributed by atoms with Crippen LogP contribution in [0.25, 0.3) is 5.78 Å². The lowest BCUT2D eigenvalue weighted by Crippen LogP contribution is -2.35. The molecule has 1 aliphatic rings. The predicted octanol–water partition coefficient (Wildman–Crippen LogP) is 2.98. The summed E-state index contributed by atoms with van der Waals surface area (Å²) >= 11 is 0. The van der Waals surface area contributed by atoms with Gasteiger partial charge < -0.3 is 10.1 Å². The third-order valence-electron chi connectivity index (χ3n) is 5.10. The van der Waals surface area contributed by atoms with Crippen LogP contribution in [0.1, 0.15) is 36.6 Å². The van der Waals surface area contributed by atoms with E-state index in [1.165, 1.54) is 36.7 Å². The fraction of sp³-hybridized carbons (Fsp3) is 0.421. The molecule has 0 aliphatic heterocycles. The summed E-state index contributed by atoms with van der Waals surface area (Å²) in [6, 6.07) is 10.8. The third-order valence-corrected chi connectivity index (χ3v) is 5.10. The number of rotatable bonds is 5. The topological polar surface area (TPSA) is 64.3 Å². The minimum Gasteiger partial charge on any atom is -0.378 e. The van der Waals surface area contributed by atoms with E-state index in [0.29, 0.717) is 12.4 Å². The maximum Gasteiger partial charge on any atom is 0.254 e. The number of anilines is 1. The summed E-state index contributed by atoms with van der Waals surface area (Å²) in [5.74, 6) is 1.49. The highest BCUT2D eigenvalue weighted by atomic mass is 16.5. The zero-order chi connectivity index (χ0) is 17.3. The number of benzene rings is 1. The largest absolute Gasteiger partial charge is 0.378 e. The number of hydrogen-bond acceptors (Lipinski definition) is 5. The molecule has 0 saturated heterocycles. The molecular formula is C19H23N5O. The van der Waals surface area contributed by atoms with Crippen molar-refractivity contribution in [2.24, 2.45) is 0 Å². The minimum atomic E-state index is 0.104. The lowest BCUT2D eigenvalue weighted by molar-refractivity contribution is 0.181. The molecule has 6 nitrogen and oxygen atoms in total. The van der Waals surface area contributed by atoms with Crippen LogP contribution >= 0.6 is 0 Å². The summed E-state index contributed by atoms with van der Waals surface area (Å²) in [5.41, 5.74) is 3.88. The van der Waals surface area contributed by atoms with Gasteiger partial charge in [-0.05, 0) is 30.4 Å². The number of nitrogens with zero attached hydrogens (tertiary/aromatic N) is 4. The van der Waals surface area contributed by atoms with Crippen molar-refractivity contribution in [3.63, 3.8) is 0 Å². The summed E-state index contributed by atoms with van der Waals surface area (Å²) in [6.07, 6.45) is 5.10. The summed E-state index contributed by atoms with van der Waals surface area (Å²) in [4.78, 5) is 8.67. The smallest absolute Gasteiger partial charge is 0.254 e. The fourth-order valence-corrected chi connectivity index (χ4v) is 3.81. The first-order chi connectivity index (χ1) is 12.2. The van der Waals surface area contributed by atoms with Crippen LogP contribution in [-0.2, 0) is 23.2 Å². The number of nitrogens with one attached hydrogen (secondary N) is 1. The van der Waals surface area contributed by atoms with Crippen LogP contribution < -0.4 is 5.32 Å². The second-order valence-electron chi connectivity index (χ2n) is 6.96. The molecule has 0 radical (unpaired) electrons. The maximum atomic E-state index is 5.22. The van der Waals surface area contributed by atoms with Gasteiger partial charge >= 0.3 is 0 Å². The molecule has 0 amide bonds. The van der Waals surface area contributed by atoms with Crippen molar-refractivity contribution >= 4 is 11.6 Å². The van der Waals surface area contributed by atoms with Crippen molar-refractivity contribution in [1.82, 2.24) is 19.6 Å². The van der Waals surface area contributed by atoms with Crippen molar-refractivity contribution in [1.29, 1.82) is 0 Å². The molecule has 1 aromatic carbocycles. The molecule has 1 N–H and O–H groups in total. The fourth-order valence-electron chi connectivity index (χ4n) is 3.81. The third kappa shape index (κ3) is 2.98. The van der Waals surface area contributed by atoms with Crippen LogP contribution in [0, 0.1) is 0 Å². The van der Waals surface area contributed by atoms with Crippen molar-refractivity contribution in [2.75, 3.05) is 19.0 Å². The average Bonchev–Trinajstić information content (AvgIpc) is 3.09. The zero-order valence-corrected chi connectivity index (χ0v) is 14.7. The average molecular weight is 337 g/mol. The number of ether oxygens (including phenoxy) is 1. The van der Waals surface area contributed by atoms with Gasteiger partial charge in [-0.25, -0.2) is 4.98 Å². The lowest BCUT2D eigenvalue weighted by atomic mass is 9.71. The predicted molar refractivity (Wildman–Crippen MR) is 96.7 cm³/mol. The van der Waals surface area contributed by atoms with Crippen molar-refractivity contribution in [2.45, 2.75) is 38.2 Å². The van der Waals surface area contributed by atoms with E-state index in [-0.39, 0.29) is 5.41 Å². The molecular weight excluding hydrogens is 314 g/mol. The number of aromatic nitrogens is 4. The van der Waals surface area contributed by atoms with E-state index < -0.39 is 0 Å². The van der Waals surface area contributed by atoms with Crippen molar-refractivity contribution < 1.29 is 4.74 Å². The number of methoxy groups -OCH3 is 1. The van der Waals surface area contributed by atoms with Gasteiger partial charge in [-0.3, -0.25) is 0 Å². The van der Waals surface area contributed by atoms with Gasteiger partial charge in [0.15, 0.2) is 0 Å². The van der Waals surface area contributed by atoms with Crippen molar-refractivity contribution in [3.8, 4) is 0 Å². The molecule has 0 bridgehead atoms. The van der Waals surface area contributed by atoms with Gasteiger partial charge in [-0.15, -0.1) is 0 Å². The summed E-state index contributed by atoms with van der Waals surface area (Å²) in [7, 11) is 1.67. The molecule has 2 aromatic heterocycles. The van der Waals surface area contributed by atoms with Crippen LogP contribution in [0.2, 0.25) is 0 Å². The Morgan fingerprint density at radius 2 is 2.20 bits per heavy atom. The van der Waals surface area contributed by atoms with Gasteiger partial charge in [-0.2, -0.15) is 14.6 Å². The Bertz CT molecular complexity index is 890. The highest BCUT2D eigenvalue weighted by Gasteiger charge is 2.31. The quantitative estimate of drug-likeness (QED) is 0.775. The SMILES string of the molecule is COCc1cc(NC[C@]2(C)CCCc3ccccc32)n2ncnc2n1. The second-order valence-corrected chi connectivity index (χ2v) is 6.96. The Kier molecular flexibility index (Phi) is 4.13. The summed E-state index contributed by atoms with van der Waals surface area (Å²) in [6.45, 7) is 3.64. The molecule has 4 rings (SSSR count). The monoisotopic (exact) mass is 337 g/mol. The molecule has 1 aliphatic carbocycles. The van der Waals surface area contributed by atoms with Crippen LogP contribution in [-0.4, -0.2) is 33.2 Å². The van der Waals surface area contributed by atoms with E-state index in [2.05, 4.69) is 51.6 Å². The Morgan fingerprint density at radius 3 is 3.08 bits per heavy atom. The van der Waals surface area contributed by atoms with Crippen LogP contribution in [0.4, 0.5) is 5.82 Å². The van der Waals surface area contributed by atoms with Gasteiger partial charge in [0, 0.05) is 25.1 Å². The highest BCUT2D eigenvalue weighted by Crippen LogP contribution is 2.37. The number of hydrogen-bond donors (Lipinski definition) is 1. The van der Waals surface area contributed by atoms with E-state index in [1.807, 2.05) is 6.07 Å². The van der Waals surface area contributed by atoms with Crippen molar-refractivity contribution in [3.05, 3.63) is 53.5 Å². The standard InChI is InChI=1S/C19H23N5O/c1-19(9-5-7-14-6-3-4-8-16(14)19)12-20-17-10-15(11-25-2)23-18-21-13-22-24(17)18/h3-4,6,8,10,13,20H,5,7,9,11-12H2,1-2H3/t19-/m0/s1. The molecule has 0 spiro atoms. The Labute approximate surface area is 147 Å². The van der Waals surface area contributed by atoms with Gasteiger partial charge in [0.25, 0.3) is 5.78 Å². The Balaban J connectivity index is 1.63. The van der Waals surface area contributed by atoms with Crippen LogP contribution in [0.15, 0.2) is 36.7 Å². The van der Waals surface area contributed by atoms with Gasteiger partial charge in [0.2, 0.25) is 0 Å². The van der Waals surface area contributed by atoms with Gasteiger partial charge in [0.1, 0.15) is 12.1 Å². The minimum absolute atomic E-state index is 0.104. The van der Waals surface area contributed by atoms with E-state index in [4.69, 9.17) is 4.74 Å². The molecule has 0 unspecified atom stereocenters. The molecule has 0 fully saturated rings. The normalized spacial score (nSPS) is 19.8. The number of aryl methyl sites for hydroxylation is 1. The number of fused-ring (bicyclic) bond motifs is 2. The highest BCUT2D eigenvalue weighted by molar-refractivity contribution is 5.46. The molecule has 0 saturated carbocycles. The zero-order valence-electron chi connectivity index (χ0n) is 14.7. The molecule has 2 heterocycles. The maximum absolute atomic E-state index is 5.22. The van der Waals surface area contributed by atoms with E-state index in [1.54, 1.807) is 11.6 Å². The Hall–Kier alpha value is -2.47. The van der Waals surface area contributed by atoms with Gasteiger partial charge in [-0.1, -0.05) is 31.2 Å². The second kappa shape index (κ2) is 6.44. The molecule has 6 heteroatoms. The summed E-state index contributed by atoms with van der Waals surface area (Å²) < 4.78 is 6.97. The summed E-state index contributed by atoms with van der Waals surface area (Å²) in [5, 5.41) is 7.88. The molecule has 3 aromatic rings. The van der Waals surface area contributed by atoms with Crippen LogP contribution in [0.3, 0.4) is 0 Å². The van der Waals surface area contributed by atoms with Gasteiger partial charge in [0.05, 0.1) is 12.3 Å². The first kappa shape index (κ1) is 16.0. The first-order valence-corrected chi connectivity index (χ1v) is 8.70. The Morgan fingerprint density at radius 1 is 1.32 bits per heavy atom.